The molecule has 17 heavy (non-hydrogen) atoms. The van der Waals surface area contributed by atoms with Crippen molar-refractivity contribution in [2.75, 3.05) is 46.8 Å². The zero-order chi connectivity index (χ0) is 12.5. The maximum Gasteiger partial charge on any atom is 0.0229 e. The molecule has 1 unspecified atom stereocenters. The standard InChI is InChI=1S/C14H31N3/c1-4-15-10-7-5-6-8-11-17-12-9-14(13-17)16(2)3/h14-15H,4-13H2,1-3H3. The van der Waals surface area contributed by atoms with Gasteiger partial charge in [-0.2, -0.15) is 0 Å². The van der Waals surface area contributed by atoms with Crippen LogP contribution >= 0.6 is 0 Å². The van der Waals surface area contributed by atoms with Crippen LogP contribution in [0.1, 0.15) is 39.0 Å². The topological polar surface area (TPSA) is 18.5 Å². The van der Waals surface area contributed by atoms with Crippen molar-refractivity contribution in [3.63, 3.8) is 0 Å². The summed E-state index contributed by atoms with van der Waals surface area (Å²) in [6.45, 7) is 8.38. The number of likely N-dealkylation sites (tertiary alicyclic amines) is 1. The van der Waals surface area contributed by atoms with Gasteiger partial charge in [-0.3, -0.25) is 0 Å². The molecule has 0 aliphatic carbocycles. The average molecular weight is 241 g/mol. The first-order valence-corrected chi connectivity index (χ1v) is 7.33. The molecule has 0 radical (unpaired) electrons. The fraction of sp³-hybridized carbons (Fsp3) is 1.00. The number of rotatable bonds is 9. The molecule has 1 heterocycles. The second kappa shape index (κ2) is 8.90. The van der Waals surface area contributed by atoms with E-state index in [1.54, 1.807) is 0 Å². The zero-order valence-electron chi connectivity index (χ0n) is 12.0. The summed E-state index contributed by atoms with van der Waals surface area (Å²) in [4.78, 5) is 5.01. The van der Waals surface area contributed by atoms with Crippen molar-refractivity contribution < 1.29 is 0 Å². The van der Waals surface area contributed by atoms with Gasteiger partial charge >= 0.3 is 0 Å². The summed E-state index contributed by atoms with van der Waals surface area (Å²) in [5.74, 6) is 0. The Kier molecular flexibility index (Phi) is 7.82. The molecule has 3 heteroatoms. The van der Waals surface area contributed by atoms with Gasteiger partial charge in [-0.1, -0.05) is 19.8 Å². The SMILES string of the molecule is CCNCCCCCCN1CCC(N(C)C)C1. The van der Waals surface area contributed by atoms with Crippen LogP contribution < -0.4 is 5.32 Å². The number of nitrogens with one attached hydrogen (secondary N) is 1. The number of nitrogens with zero attached hydrogens (tertiary/aromatic N) is 2. The van der Waals surface area contributed by atoms with Gasteiger partial charge in [-0.05, 0) is 59.5 Å². The number of unbranched alkanes of at least 4 members (excludes halogenated alkanes) is 3. The van der Waals surface area contributed by atoms with Crippen LogP contribution in [0.15, 0.2) is 0 Å². The molecule has 1 aliphatic rings. The Morgan fingerprint density at radius 2 is 1.94 bits per heavy atom. The summed E-state index contributed by atoms with van der Waals surface area (Å²) in [5, 5.41) is 3.38. The van der Waals surface area contributed by atoms with Crippen molar-refractivity contribution in [2.24, 2.45) is 0 Å². The molecule has 1 N–H and O–H groups in total. The Bertz CT molecular complexity index is 182. The van der Waals surface area contributed by atoms with Crippen molar-refractivity contribution in [1.82, 2.24) is 15.1 Å². The van der Waals surface area contributed by atoms with E-state index >= 15 is 0 Å². The van der Waals surface area contributed by atoms with Gasteiger partial charge in [0.2, 0.25) is 0 Å². The first kappa shape index (κ1) is 14.9. The van der Waals surface area contributed by atoms with Gasteiger partial charge in [0.25, 0.3) is 0 Å². The number of hydrogen-bond acceptors (Lipinski definition) is 3. The molecule has 0 spiro atoms. The molecule has 0 bridgehead atoms. The highest BCUT2D eigenvalue weighted by atomic mass is 15.2. The molecule has 1 aliphatic heterocycles. The van der Waals surface area contributed by atoms with Crippen LogP contribution in [0.4, 0.5) is 0 Å². The second-order valence-electron chi connectivity index (χ2n) is 5.47. The highest BCUT2D eigenvalue weighted by Crippen LogP contribution is 2.14. The summed E-state index contributed by atoms with van der Waals surface area (Å²) in [6.07, 6.45) is 6.86. The van der Waals surface area contributed by atoms with Gasteiger partial charge < -0.3 is 15.1 Å². The molecular weight excluding hydrogens is 210 g/mol. The minimum atomic E-state index is 0.795. The van der Waals surface area contributed by atoms with Crippen LogP contribution in [0.25, 0.3) is 0 Å². The van der Waals surface area contributed by atoms with E-state index in [1.165, 1.54) is 58.3 Å². The number of likely N-dealkylation sites (N-methyl/N-ethyl adjacent to an activating group) is 1. The van der Waals surface area contributed by atoms with Crippen LogP contribution in [0.5, 0.6) is 0 Å². The molecule has 1 fully saturated rings. The monoisotopic (exact) mass is 241 g/mol. The molecule has 1 rings (SSSR count). The van der Waals surface area contributed by atoms with E-state index in [0.717, 1.165) is 12.6 Å². The maximum absolute atomic E-state index is 3.38. The largest absolute Gasteiger partial charge is 0.317 e. The summed E-state index contributed by atoms with van der Waals surface area (Å²) < 4.78 is 0. The maximum atomic E-state index is 3.38. The van der Waals surface area contributed by atoms with E-state index in [-0.39, 0.29) is 0 Å². The molecule has 0 amide bonds. The van der Waals surface area contributed by atoms with Crippen LogP contribution in [0.3, 0.4) is 0 Å². The first-order valence-electron chi connectivity index (χ1n) is 7.33. The molecule has 0 aromatic heterocycles. The van der Waals surface area contributed by atoms with Crippen molar-refractivity contribution in [1.29, 1.82) is 0 Å². The summed E-state index contributed by atoms with van der Waals surface area (Å²) in [6, 6.07) is 0.795. The third kappa shape index (κ3) is 6.39. The van der Waals surface area contributed by atoms with E-state index < -0.39 is 0 Å². The Labute approximate surface area is 108 Å². The van der Waals surface area contributed by atoms with Crippen molar-refractivity contribution in [2.45, 2.75) is 45.1 Å². The predicted octanol–water partition coefficient (Wildman–Crippen LogP) is 1.79. The molecule has 1 saturated heterocycles. The average Bonchev–Trinajstić information content (AvgIpc) is 2.77. The zero-order valence-corrected chi connectivity index (χ0v) is 12.0. The van der Waals surface area contributed by atoms with Gasteiger partial charge in [-0.25, -0.2) is 0 Å². The van der Waals surface area contributed by atoms with Crippen LogP contribution in [-0.4, -0.2) is 62.7 Å². The van der Waals surface area contributed by atoms with E-state index in [1.807, 2.05) is 0 Å². The minimum absolute atomic E-state index is 0.795. The number of hydrogen-bond donors (Lipinski definition) is 1. The Hall–Kier alpha value is -0.120. The van der Waals surface area contributed by atoms with E-state index in [9.17, 15) is 0 Å². The van der Waals surface area contributed by atoms with Crippen molar-refractivity contribution in [3.8, 4) is 0 Å². The van der Waals surface area contributed by atoms with Crippen molar-refractivity contribution >= 4 is 0 Å². The Morgan fingerprint density at radius 1 is 1.18 bits per heavy atom. The summed E-state index contributed by atoms with van der Waals surface area (Å²) in [7, 11) is 4.41. The summed E-state index contributed by atoms with van der Waals surface area (Å²) >= 11 is 0. The lowest BCUT2D eigenvalue weighted by molar-refractivity contribution is 0.265. The molecular formula is C14H31N3. The van der Waals surface area contributed by atoms with E-state index in [2.05, 4.69) is 36.1 Å². The fourth-order valence-electron chi connectivity index (χ4n) is 2.55. The predicted molar refractivity (Wildman–Crippen MR) is 75.5 cm³/mol. The highest BCUT2D eigenvalue weighted by Gasteiger charge is 2.22. The quantitative estimate of drug-likeness (QED) is 0.621. The van der Waals surface area contributed by atoms with Gasteiger partial charge in [0.05, 0.1) is 0 Å². The lowest BCUT2D eigenvalue weighted by Gasteiger charge is -2.20. The van der Waals surface area contributed by atoms with Gasteiger partial charge in [0.15, 0.2) is 0 Å². The molecule has 0 aromatic carbocycles. The van der Waals surface area contributed by atoms with Gasteiger partial charge in [0, 0.05) is 12.6 Å². The Morgan fingerprint density at radius 3 is 2.59 bits per heavy atom. The highest BCUT2D eigenvalue weighted by molar-refractivity contribution is 4.80. The van der Waals surface area contributed by atoms with E-state index in [4.69, 9.17) is 0 Å². The normalized spacial score (nSPS) is 21.5. The Balaban J connectivity index is 1.90. The fourth-order valence-corrected chi connectivity index (χ4v) is 2.55. The third-order valence-corrected chi connectivity index (χ3v) is 3.81. The smallest absolute Gasteiger partial charge is 0.0229 e. The summed E-state index contributed by atoms with van der Waals surface area (Å²) in [5.41, 5.74) is 0. The lowest BCUT2D eigenvalue weighted by atomic mass is 10.2. The lowest BCUT2D eigenvalue weighted by Crippen LogP contribution is -2.31. The van der Waals surface area contributed by atoms with Crippen molar-refractivity contribution in [3.05, 3.63) is 0 Å². The minimum Gasteiger partial charge on any atom is -0.317 e. The third-order valence-electron chi connectivity index (χ3n) is 3.81. The van der Waals surface area contributed by atoms with Crippen LogP contribution in [-0.2, 0) is 0 Å². The molecule has 102 valence electrons. The van der Waals surface area contributed by atoms with Gasteiger partial charge in [-0.15, -0.1) is 0 Å². The van der Waals surface area contributed by atoms with Crippen LogP contribution in [0.2, 0.25) is 0 Å². The van der Waals surface area contributed by atoms with Crippen LogP contribution in [0, 0.1) is 0 Å². The van der Waals surface area contributed by atoms with E-state index in [0.29, 0.717) is 0 Å². The second-order valence-corrected chi connectivity index (χ2v) is 5.47. The van der Waals surface area contributed by atoms with Gasteiger partial charge in [0.1, 0.15) is 0 Å². The molecule has 0 saturated carbocycles. The first-order chi connectivity index (χ1) is 8.24. The molecule has 0 aromatic rings. The molecule has 3 nitrogen and oxygen atoms in total. The molecule has 1 atom stereocenters.